The Bertz CT molecular complexity index is 481. The molecule has 1 aromatic heterocycles. The molecule has 2 unspecified atom stereocenters. The molecule has 2 heterocycles. The minimum absolute atomic E-state index is 0.0983. The van der Waals surface area contributed by atoms with Crippen molar-refractivity contribution in [2.75, 3.05) is 0 Å². The van der Waals surface area contributed by atoms with Gasteiger partial charge in [-0.2, -0.15) is 0 Å². The first-order valence-corrected chi connectivity index (χ1v) is 9.20. The lowest BCUT2D eigenvalue weighted by Crippen LogP contribution is -2.38. The van der Waals surface area contributed by atoms with Crippen LogP contribution in [0.3, 0.4) is 0 Å². The highest BCUT2D eigenvalue weighted by atomic mass is 32.1. The van der Waals surface area contributed by atoms with Gasteiger partial charge in [-0.05, 0) is 37.6 Å². The maximum absolute atomic E-state index is 12.8. The fourth-order valence-electron chi connectivity index (χ4n) is 3.36. The quantitative estimate of drug-likeness (QED) is 0.770. The third kappa shape index (κ3) is 2.88. The molecule has 1 N–H and O–H groups in total. The predicted molar refractivity (Wildman–Crippen MR) is 87.2 cm³/mol. The van der Waals surface area contributed by atoms with Gasteiger partial charge >= 0.3 is 0 Å². The van der Waals surface area contributed by atoms with Crippen LogP contribution in [0.2, 0.25) is 0 Å². The normalized spacial score (nSPS) is 24.8. The van der Waals surface area contributed by atoms with Crippen LogP contribution in [0.15, 0.2) is 17.5 Å². The number of carbonyl (C=O) groups is 1. The van der Waals surface area contributed by atoms with E-state index in [1.54, 1.807) is 11.3 Å². The second kappa shape index (κ2) is 6.09. The molecule has 1 saturated heterocycles. The fourth-order valence-corrected chi connectivity index (χ4v) is 4.13. The third-order valence-electron chi connectivity index (χ3n) is 4.85. The molecule has 1 amide bonds. The summed E-state index contributed by atoms with van der Waals surface area (Å²) in [7, 11) is 0. The Balaban J connectivity index is 1.69. The standard InChI is InChI=1S/C17H26N2OS/c1-3-4-5-6-8-13(2)19-15(14-9-7-12-21-14)18-17(10-11-17)16(19)20/h7,9,12-13,15,18H,3-6,8,10-11H2,1-2H3. The van der Waals surface area contributed by atoms with Crippen LogP contribution in [0.1, 0.15) is 69.8 Å². The van der Waals surface area contributed by atoms with Gasteiger partial charge in [-0.25, -0.2) is 0 Å². The van der Waals surface area contributed by atoms with Crippen molar-refractivity contribution in [2.24, 2.45) is 0 Å². The van der Waals surface area contributed by atoms with Crippen LogP contribution in [0.5, 0.6) is 0 Å². The van der Waals surface area contributed by atoms with E-state index in [0.717, 1.165) is 19.3 Å². The van der Waals surface area contributed by atoms with Gasteiger partial charge in [-0.1, -0.05) is 38.7 Å². The minimum atomic E-state index is -0.216. The third-order valence-corrected chi connectivity index (χ3v) is 5.77. The van der Waals surface area contributed by atoms with E-state index < -0.39 is 0 Å². The van der Waals surface area contributed by atoms with E-state index in [1.165, 1.54) is 30.6 Å². The molecule has 1 aliphatic carbocycles. The fraction of sp³-hybridized carbons (Fsp3) is 0.706. The van der Waals surface area contributed by atoms with E-state index in [-0.39, 0.29) is 11.7 Å². The summed E-state index contributed by atoms with van der Waals surface area (Å²) in [6.07, 6.45) is 8.30. The average Bonchev–Trinajstić information content (AvgIpc) is 2.95. The van der Waals surface area contributed by atoms with Crippen LogP contribution in [-0.2, 0) is 4.79 Å². The summed E-state index contributed by atoms with van der Waals surface area (Å²) in [6, 6.07) is 4.55. The Labute approximate surface area is 131 Å². The van der Waals surface area contributed by atoms with Gasteiger partial charge < -0.3 is 4.90 Å². The van der Waals surface area contributed by atoms with Gasteiger partial charge in [0.2, 0.25) is 5.91 Å². The van der Waals surface area contributed by atoms with Crippen molar-refractivity contribution in [1.82, 2.24) is 10.2 Å². The number of unbranched alkanes of at least 4 members (excludes halogenated alkanes) is 3. The van der Waals surface area contributed by atoms with E-state index in [2.05, 4.69) is 41.6 Å². The lowest BCUT2D eigenvalue weighted by molar-refractivity contribution is -0.132. The zero-order valence-corrected chi connectivity index (χ0v) is 13.9. The Kier molecular flexibility index (Phi) is 4.36. The van der Waals surface area contributed by atoms with Gasteiger partial charge in [0.05, 0.1) is 0 Å². The molecule has 1 spiro atoms. The van der Waals surface area contributed by atoms with Gasteiger partial charge in [0.25, 0.3) is 0 Å². The summed E-state index contributed by atoms with van der Waals surface area (Å²) in [5.74, 6) is 0.337. The highest BCUT2D eigenvalue weighted by Gasteiger charge is 2.60. The zero-order chi connectivity index (χ0) is 14.9. The predicted octanol–water partition coefficient (Wildman–Crippen LogP) is 4.07. The second-order valence-electron chi connectivity index (χ2n) is 6.56. The summed E-state index contributed by atoms with van der Waals surface area (Å²) >= 11 is 1.75. The van der Waals surface area contributed by atoms with E-state index in [0.29, 0.717) is 11.9 Å². The molecule has 3 nitrogen and oxygen atoms in total. The molecule has 2 atom stereocenters. The first kappa shape index (κ1) is 15.0. The monoisotopic (exact) mass is 306 g/mol. The van der Waals surface area contributed by atoms with Gasteiger partial charge in [-0.15, -0.1) is 11.3 Å². The van der Waals surface area contributed by atoms with Crippen molar-refractivity contribution in [3.63, 3.8) is 0 Å². The van der Waals surface area contributed by atoms with Crippen molar-refractivity contribution in [3.8, 4) is 0 Å². The molecule has 1 aromatic rings. The average molecular weight is 306 g/mol. The molecule has 3 rings (SSSR count). The molecule has 0 radical (unpaired) electrons. The zero-order valence-electron chi connectivity index (χ0n) is 13.1. The summed E-state index contributed by atoms with van der Waals surface area (Å²) in [5.41, 5.74) is -0.216. The molecule has 2 fully saturated rings. The highest BCUT2D eigenvalue weighted by Crippen LogP contribution is 2.47. The van der Waals surface area contributed by atoms with E-state index in [1.807, 2.05) is 0 Å². The van der Waals surface area contributed by atoms with Gasteiger partial charge in [-0.3, -0.25) is 10.1 Å². The molecule has 0 aromatic carbocycles. The molecule has 2 aliphatic rings. The molecule has 4 heteroatoms. The highest BCUT2D eigenvalue weighted by molar-refractivity contribution is 7.10. The number of hydrogen-bond donors (Lipinski definition) is 1. The SMILES string of the molecule is CCCCCCC(C)N1C(=O)C2(CC2)NC1c1cccs1. The van der Waals surface area contributed by atoms with Crippen LogP contribution in [0.25, 0.3) is 0 Å². The topological polar surface area (TPSA) is 32.3 Å². The smallest absolute Gasteiger partial charge is 0.244 e. The van der Waals surface area contributed by atoms with Gasteiger partial charge in [0.15, 0.2) is 0 Å². The maximum Gasteiger partial charge on any atom is 0.244 e. The summed E-state index contributed by atoms with van der Waals surface area (Å²) in [5, 5.41) is 5.71. The van der Waals surface area contributed by atoms with Crippen molar-refractivity contribution in [3.05, 3.63) is 22.4 Å². The Hall–Kier alpha value is -0.870. The van der Waals surface area contributed by atoms with Crippen LogP contribution in [0.4, 0.5) is 0 Å². The van der Waals surface area contributed by atoms with Crippen LogP contribution < -0.4 is 5.32 Å². The van der Waals surface area contributed by atoms with Crippen molar-refractivity contribution in [2.45, 2.75) is 76.5 Å². The molecule has 0 bridgehead atoms. The molecular formula is C17H26N2OS. The minimum Gasteiger partial charge on any atom is -0.318 e. The first-order chi connectivity index (χ1) is 10.2. The van der Waals surface area contributed by atoms with Crippen LogP contribution >= 0.6 is 11.3 Å². The number of nitrogens with one attached hydrogen (secondary N) is 1. The lowest BCUT2D eigenvalue weighted by Gasteiger charge is -2.30. The molecule has 1 aliphatic heterocycles. The van der Waals surface area contributed by atoms with Crippen molar-refractivity contribution < 1.29 is 4.79 Å². The molecule has 116 valence electrons. The first-order valence-electron chi connectivity index (χ1n) is 8.32. The number of thiophene rings is 1. The van der Waals surface area contributed by atoms with Crippen LogP contribution in [0, 0.1) is 0 Å². The lowest BCUT2D eigenvalue weighted by atomic mass is 10.1. The summed E-state index contributed by atoms with van der Waals surface area (Å²) in [6.45, 7) is 4.45. The Morgan fingerprint density at radius 2 is 2.24 bits per heavy atom. The van der Waals surface area contributed by atoms with Gasteiger partial charge in [0, 0.05) is 10.9 Å². The van der Waals surface area contributed by atoms with Gasteiger partial charge in [0.1, 0.15) is 11.7 Å². The van der Waals surface area contributed by atoms with E-state index in [4.69, 9.17) is 0 Å². The second-order valence-corrected chi connectivity index (χ2v) is 7.53. The summed E-state index contributed by atoms with van der Waals surface area (Å²) in [4.78, 5) is 16.2. The number of carbonyl (C=O) groups excluding carboxylic acids is 1. The molecule has 21 heavy (non-hydrogen) atoms. The number of amides is 1. The van der Waals surface area contributed by atoms with Crippen molar-refractivity contribution in [1.29, 1.82) is 0 Å². The largest absolute Gasteiger partial charge is 0.318 e. The summed E-state index contributed by atoms with van der Waals surface area (Å²) < 4.78 is 0. The Morgan fingerprint density at radius 3 is 2.86 bits per heavy atom. The number of rotatable bonds is 7. The number of hydrogen-bond acceptors (Lipinski definition) is 3. The van der Waals surface area contributed by atoms with Crippen molar-refractivity contribution >= 4 is 17.2 Å². The van der Waals surface area contributed by atoms with E-state index in [9.17, 15) is 4.79 Å². The van der Waals surface area contributed by atoms with Crippen LogP contribution in [-0.4, -0.2) is 22.4 Å². The Morgan fingerprint density at radius 1 is 1.43 bits per heavy atom. The molecule has 1 saturated carbocycles. The maximum atomic E-state index is 12.8. The number of nitrogens with zero attached hydrogens (tertiary/aromatic N) is 1. The molecular weight excluding hydrogens is 280 g/mol. The van der Waals surface area contributed by atoms with E-state index >= 15 is 0 Å².